The van der Waals surface area contributed by atoms with Crippen LogP contribution >= 0.6 is 0 Å². The Kier molecular flexibility index (Phi) is 3.19. The maximum absolute atomic E-state index is 11.7. The number of aliphatic hydroxyl groups excluding tert-OH is 1. The summed E-state index contributed by atoms with van der Waals surface area (Å²) in [6.07, 6.45) is 2.23. The van der Waals surface area contributed by atoms with Crippen molar-refractivity contribution < 1.29 is 9.84 Å². The van der Waals surface area contributed by atoms with Gasteiger partial charge in [-0.2, -0.15) is 4.98 Å². The highest BCUT2D eigenvalue weighted by Crippen LogP contribution is 2.27. The molecule has 0 radical (unpaired) electrons. The fourth-order valence-electron chi connectivity index (χ4n) is 2.64. The summed E-state index contributed by atoms with van der Waals surface area (Å²) in [5, 5.41) is 9.15. The summed E-state index contributed by atoms with van der Waals surface area (Å²) < 4.78 is 7.53. The highest BCUT2D eigenvalue weighted by molar-refractivity contribution is 5.70. The molecular formula is C12H17N5O3. The van der Waals surface area contributed by atoms with Crippen LogP contribution in [0, 0.1) is 5.92 Å². The van der Waals surface area contributed by atoms with Crippen molar-refractivity contribution >= 4 is 17.1 Å². The topological polar surface area (TPSA) is 119 Å². The van der Waals surface area contributed by atoms with Crippen molar-refractivity contribution in [3.8, 4) is 0 Å². The number of nitrogens with one attached hydrogen (secondary N) is 1. The molecule has 108 valence electrons. The van der Waals surface area contributed by atoms with Crippen LogP contribution in [0.2, 0.25) is 0 Å². The highest BCUT2D eigenvalue weighted by atomic mass is 16.5. The van der Waals surface area contributed by atoms with Gasteiger partial charge in [-0.25, -0.2) is 4.98 Å². The molecule has 3 heterocycles. The van der Waals surface area contributed by atoms with Crippen LogP contribution in [0.25, 0.3) is 11.2 Å². The Balaban J connectivity index is 1.90. The van der Waals surface area contributed by atoms with Crippen molar-refractivity contribution in [2.45, 2.75) is 32.1 Å². The minimum Gasteiger partial charge on any atom is -0.394 e. The first kappa shape index (κ1) is 13.1. The molecule has 2 aromatic heterocycles. The Morgan fingerprint density at radius 2 is 2.45 bits per heavy atom. The molecule has 1 saturated heterocycles. The van der Waals surface area contributed by atoms with Gasteiger partial charge < -0.3 is 20.1 Å². The zero-order valence-corrected chi connectivity index (χ0v) is 11.1. The van der Waals surface area contributed by atoms with Gasteiger partial charge >= 0.3 is 0 Å². The largest absolute Gasteiger partial charge is 0.394 e. The number of ether oxygens (including phenoxy) is 1. The molecule has 4 N–H and O–H groups in total. The van der Waals surface area contributed by atoms with E-state index in [4.69, 9.17) is 15.6 Å². The van der Waals surface area contributed by atoms with E-state index in [1.165, 1.54) is 0 Å². The van der Waals surface area contributed by atoms with Crippen molar-refractivity contribution in [3.05, 3.63) is 16.7 Å². The van der Waals surface area contributed by atoms with E-state index < -0.39 is 0 Å². The molecule has 0 aliphatic carbocycles. The molecule has 3 atom stereocenters. The summed E-state index contributed by atoms with van der Waals surface area (Å²) in [4.78, 5) is 22.3. The van der Waals surface area contributed by atoms with Crippen LogP contribution in [-0.2, 0) is 11.3 Å². The normalized spacial score (nSPS) is 26.4. The number of hydrogen-bond acceptors (Lipinski definition) is 6. The molecule has 0 aromatic carbocycles. The number of nitrogens with two attached hydrogens (primary N) is 1. The van der Waals surface area contributed by atoms with Crippen LogP contribution in [0.5, 0.6) is 0 Å². The third-order valence-corrected chi connectivity index (χ3v) is 3.71. The van der Waals surface area contributed by atoms with E-state index in [9.17, 15) is 4.79 Å². The third-order valence-electron chi connectivity index (χ3n) is 3.71. The second kappa shape index (κ2) is 4.88. The summed E-state index contributed by atoms with van der Waals surface area (Å²) >= 11 is 0. The molecule has 1 aliphatic heterocycles. The van der Waals surface area contributed by atoms with Gasteiger partial charge in [-0.15, -0.1) is 0 Å². The molecule has 0 amide bonds. The Labute approximate surface area is 114 Å². The zero-order chi connectivity index (χ0) is 14.3. The fraction of sp³-hybridized carbons (Fsp3) is 0.583. The lowest BCUT2D eigenvalue weighted by Crippen LogP contribution is -2.22. The van der Waals surface area contributed by atoms with Crippen LogP contribution < -0.4 is 11.3 Å². The number of aromatic amines is 1. The van der Waals surface area contributed by atoms with Crippen molar-refractivity contribution in [1.29, 1.82) is 0 Å². The van der Waals surface area contributed by atoms with Crippen molar-refractivity contribution in [1.82, 2.24) is 19.5 Å². The fourth-order valence-corrected chi connectivity index (χ4v) is 2.64. The van der Waals surface area contributed by atoms with Crippen molar-refractivity contribution in [2.75, 3.05) is 12.3 Å². The van der Waals surface area contributed by atoms with E-state index in [1.54, 1.807) is 10.9 Å². The number of nitrogen functional groups attached to an aromatic ring is 1. The molecule has 1 fully saturated rings. The average molecular weight is 279 g/mol. The Morgan fingerprint density at radius 1 is 1.65 bits per heavy atom. The highest BCUT2D eigenvalue weighted by Gasteiger charge is 2.32. The minimum atomic E-state index is -0.347. The van der Waals surface area contributed by atoms with Gasteiger partial charge in [0.15, 0.2) is 11.2 Å². The average Bonchev–Trinajstić information content (AvgIpc) is 2.95. The van der Waals surface area contributed by atoms with Crippen LogP contribution in [0.15, 0.2) is 11.1 Å². The first-order valence-corrected chi connectivity index (χ1v) is 6.55. The number of H-pyrrole nitrogens is 1. The number of anilines is 1. The molecule has 0 saturated carbocycles. The maximum Gasteiger partial charge on any atom is 0.280 e. The lowest BCUT2D eigenvalue weighted by Gasteiger charge is -2.16. The smallest absolute Gasteiger partial charge is 0.280 e. The SMILES string of the molecule is C[C@H]1C[C@@H](CO)O[C@H]1Cn1cnc2c(=O)[nH]c(N)nc21. The number of imidazole rings is 1. The molecule has 8 heteroatoms. The molecule has 0 spiro atoms. The lowest BCUT2D eigenvalue weighted by atomic mass is 10.0. The second-order valence-electron chi connectivity index (χ2n) is 5.21. The molecule has 0 bridgehead atoms. The second-order valence-corrected chi connectivity index (χ2v) is 5.21. The predicted molar refractivity (Wildman–Crippen MR) is 72.1 cm³/mol. The third kappa shape index (κ3) is 2.16. The summed E-state index contributed by atoms with van der Waals surface area (Å²) in [6.45, 7) is 2.63. The van der Waals surface area contributed by atoms with E-state index in [0.29, 0.717) is 18.1 Å². The van der Waals surface area contributed by atoms with E-state index in [2.05, 4.69) is 21.9 Å². The van der Waals surface area contributed by atoms with Gasteiger partial charge in [-0.1, -0.05) is 6.92 Å². The lowest BCUT2D eigenvalue weighted by molar-refractivity contribution is -0.000777. The van der Waals surface area contributed by atoms with Crippen LogP contribution in [0.3, 0.4) is 0 Å². The number of fused-ring (bicyclic) bond motifs is 1. The van der Waals surface area contributed by atoms with Gasteiger partial charge in [-0.05, 0) is 12.3 Å². The first-order valence-electron chi connectivity index (χ1n) is 6.55. The van der Waals surface area contributed by atoms with Gasteiger partial charge in [0, 0.05) is 0 Å². The summed E-state index contributed by atoms with van der Waals surface area (Å²) in [5.74, 6) is 0.391. The Bertz CT molecular complexity index is 679. The van der Waals surface area contributed by atoms with E-state index in [0.717, 1.165) is 6.42 Å². The van der Waals surface area contributed by atoms with E-state index in [1.807, 2.05) is 0 Å². The minimum absolute atomic E-state index is 0.0242. The quantitative estimate of drug-likeness (QED) is 0.696. The van der Waals surface area contributed by atoms with Gasteiger partial charge in [0.1, 0.15) is 0 Å². The summed E-state index contributed by atoms with van der Waals surface area (Å²) in [6, 6.07) is 0. The summed E-state index contributed by atoms with van der Waals surface area (Å²) in [7, 11) is 0. The molecule has 8 nitrogen and oxygen atoms in total. The van der Waals surface area contributed by atoms with Gasteiger partial charge in [0.25, 0.3) is 5.56 Å². The van der Waals surface area contributed by atoms with Crippen LogP contribution in [-0.4, -0.2) is 43.4 Å². The van der Waals surface area contributed by atoms with Gasteiger partial charge in [-0.3, -0.25) is 9.78 Å². The van der Waals surface area contributed by atoms with Crippen LogP contribution in [0.1, 0.15) is 13.3 Å². The number of hydrogen-bond donors (Lipinski definition) is 3. The number of aromatic nitrogens is 4. The number of rotatable bonds is 3. The van der Waals surface area contributed by atoms with Gasteiger partial charge in [0.05, 0.1) is 31.7 Å². The number of aliphatic hydroxyl groups is 1. The molecule has 3 rings (SSSR count). The first-order chi connectivity index (χ1) is 9.58. The number of nitrogens with zero attached hydrogens (tertiary/aromatic N) is 3. The summed E-state index contributed by atoms with van der Waals surface area (Å²) in [5.41, 5.74) is 5.93. The molecule has 20 heavy (non-hydrogen) atoms. The maximum atomic E-state index is 11.7. The zero-order valence-electron chi connectivity index (χ0n) is 11.1. The van der Waals surface area contributed by atoms with Crippen molar-refractivity contribution in [3.63, 3.8) is 0 Å². The predicted octanol–water partition coefficient (Wildman–Crippen LogP) is -0.512. The van der Waals surface area contributed by atoms with Gasteiger partial charge in [0.2, 0.25) is 5.95 Å². The monoisotopic (exact) mass is 279 g/mol. The van der Waals surface area contributed by atoms with Crippen LogP contribution in [0.4, 0.5) is 5.95 Å². The Morgan fingerprint density at radius 3 is 3.15 bits per heavy atom. The molecular weight excluding hydrogens is 262 g/mol. The Hall–Kier alpha value is -1.93. The van der Waals surface area contributed by atoms with Crippen molar-refractivity contribution in [2.24, 2.45) is 5.92 Å². The standard InChI is InChI=1S/C12H17N5O3/c1-6-2-7(4-18)20-8(6)3-17-5-14-9-10(17)15-12(13)16-11(9)19/h5-8,18H,2-4H2,1H3,(H3,13,15,16,19)/t6-,7-,8-/m0/s1. The van der Waals surface area contributed by atoms with E-state index in [-0.39, 0.29) is 35.8 Å². The molecule has 1 aliphatic rings. The molecule has 0 unspecified atom stereocenters. The molecule has 2 aromatic rings. The van der Waals surface area contributed by atoms with E-state index >= 15 is 0 Å².